The summed E-state index contributed by atoms with van der Waals surface area (Å²) in [5, 5.41) is 2.36. The number of methoxy groups -OCH3 is 1. The van der Waals surface area contributed by atoms with E-state index in [2.05, 4.69) is 10.1 Å². The standard InChI is InChI=1S/C10H19NO5S/c1-4-6-16-9(12)8(5-7-17(3)14)11-10(13)15-2/h8H,4-7H2,1-3H3,(H,11,13)/t8-,17?/m0/s1. The van der Waals surface area contributed by atoms with Crippen LogP contribution < -0.4 is 5.32 Å². The Morgan fingerprint density at radius 2 is 2.06 bits per heavy atom. The number of nitrogens with one attached hydrogen (secondary N) is 1. The van der Waals surface area contributed by atoms with Gasteiger partial charge in [0.2, 0.25) is 0 Å². The first-order valence-corrected chi connectivity index (χ1v) is 7.05. The molecule has 2 atom stereocenters. The molecule has 1 amide bonds. The van der Waals surface area contributed by atoms with Crippen molar-refractivity contribution in [2.24, 2.45) is 0 Å². The van der Waals surface area contributed by atoms with Gasteiger partial charge in [0.05, 0.1) is 13.7 Å². The van der Waals surface area contributed by atoms with Gasteiger partial charge in [-0.05, 0) is 12.8 Å². The molecule has 0 bridgehead atoms. The van der Waals surface area contributed by atoms with Gasteiger partial charge in [0.1, 0.15) is 6.04 Å². The molecule has 100 valence electrons. The summed E-state index contributed by atoms with van der Waals surface area (Å²) in [5.74, 6) is -0.210. The molecule has 1 N–H and O–H groups in total. The number of alkyl carbamates (subject to hydrolysis) is 1. The van der Waals surface area contributed by atoms with Crippen LogP contribution in [0.1, 0.15) is 19.8 Å². The fourth-order valence-corrected chi connectivity index (χ4v) is 1.60. The highest BCUT2D eigenvalue weighted by Crippen LogP contribution is 1.99. The van der Waals surface area contributed by atoms with Gasteiger partial charge in [0.15, 0.2) is 0 Å². The van der Waals surface area contributed by atoms with E-state index in [1.165, 1.54) is 13.4 Å². The Labute approximate surface area is 103 Å². The van der Waals surface area contributed by atoms with Crippen molar-refractivity contribution in [1.82, 2.24) is 5.32 Å². The second-order valence-electron chi connectivity index (χ2n) is 3.42. The van der Waals surface area contributed by atoms with E-state index in [0.29, 0.717) is 18.8 Å². The maximum atomic E-state index is 11.6. The molecule has 0 aliphatic rings. The van der Waals surface area contributed by atoms with Crippen molar-refractivity contribution in [2.75, 3.05) is 25.7 Å². The maximum Gasteiger partial charge on any atom is 0.407 e. The zero-order chi connectivity index (χ0) is 13.3. The zero-order valence-corrected chi connectivity index (χ0v) is 11.2. The van der Waals surface area contributed by atoms with E-state index < -0.39 is 28.9 Å². The minimum absolute atomic E-state index is 0.265. The number of rotatable bonds is 7. The molecule has 0 saturated carbocycles. The Morgan fingerprint density at radius 1 is 1.41 bits per heavy atom. The molecule has 1 unspecified atom stereocenters. The smallest absolute Gasteiger partial charge is 0.407 e. The molecular weight excluding hydrogens is 246 g/mol. The van der Waals surface area contributed by atoms with Gasteiger partial charge in [-0.3, -0.25) is 4.21 Å². The Balaban J connectivity index is 4.32. The van der Waals surface area contributed by atoms with Crippen LogP contribution in [0.5, 0.6) is 0 Å². The van der Waals surface area contributed by atoms with Gasteiger partial charge in [-0.15, -0.1) is 0 Å². The Morgan fingerprint density at radius 3 is 2.53 bits per heavy atom. The second kappa shape index (κ2) is 8.98. The van der Waals surface area contributed by atoms with E-state index in [1.54, 1.807) is 0 Å². The summed E-state index contributed by atoms with van der Waals surface area (Å²) in [6.07, 6.45) is 1.80. The van der Waals surface area contributed by atoms with Crippen LogP contribution in [0.25, 0.3) is 0 Å². The molecule has 0 aliphatic carbocycles. The average molecular weight is 265 g/mol. The Bertz CT molecular complexity index is 282. The van der Waals surface area contributed by atoms with Crippen molar-refractivity contribution < 1.29 is 23.3 Å². The van der Waals surface area contributed by atoms with E-state index in [9.17, 15) is 13.8 Å². The molecule has 17 heavy (non-hydrogen) atoms. The van der Waals surface area contributed by atoms with E-state index in [1.807, 2.05) is 6.92 Å². The number of amides is 1. The number of carbonyl (C=O) groups is 2. The predicted molar refractivity (Wildman–Crippen MR) is 64.1 cm³/mol. The first-order valence-electron chi connectivity index (χ1n) is 5.32. The van der Waals surface area contributed by atoms with E-state index >= 15 is 0 Å². The minimum Gasteiger partial charge on any atom is -0.464 e. The normalized spacial score (nSPS) is 13.6. The molecule has 7 heteroatoms. The minimum atomic E-state index is -1.03. The highest BCUT2D eigenvalue weighted by molar-refractivity contribution is 7.84. The largest absolute Gasteiger partial charge is 0.464 e. The molecule has 0 heterocycles. The van der Waals surface area contributed by atoms with E-state index in [0.717, 1.165) is 0 Å². The Hall–Kier alpha value is -1.11. The monoisotopic (exact) mass is 265 g/mol. The molecule has 0 aromatic carbocycles. The third-order valence-corrected chi connectivity index (χ3v) is 2.72. The molecule has 0 aliphatic heterocycles. The van der Waals surface area contributed by atoms with Gasteiger partial charge in [-0.25, -0.2) is 9.59 Å². The van der Waals surface area contributed by atoms with Gasteiger partial charge < -0.3 is 14.8 Å². The van der Waals surface area contributed by atoms with Crippen molar-refractivity contribution >= 4 is 22.9 Å². The molecule has 0 aromatic heterocycles. The summed E-state index contributed by atoms with van der Waals surface area (Å²) in [5.41, 5.74) is 0. The molecule has 0 spiro atoms. The van der Waals surface area contributed by atoms with Crippen LogP contribution in [0.3, 0.4) is 0 Å². The molecule has 6 nitrogen and oxygen atoms in total. The number of hydrogen-bond donors (Lipinski definition) is 1. The molecule has 0 saturated heterocycles. The van der Waals surface area contributed by atoms with E-state index in [4.69, 9.17) is 4.74 Å². The van der Waals surface area contributed by atoms with Crippen molar-refractivity contribution in [1.29, 1.82) is 0 Å². The maximum absolute atomic E-state index is 11.6. The van der Waals surface area contributed by atoms with Crippen molar-refractivity contribution in [3.63, 3.8) is 0 Å². The lowest BCUT2D eigenvalue weighted by Crippen LogP contribution is -2.42. The molecule has 0 aromatic rings. The quantitative estimate of drug-likeness (QED) is 0.675. The summed E-state index contributed by atoms with van der Waals surface area (Å²) >= 11 is 0. The molecule has 0 fully saturated rings. The summed E-state index contributed by atoms with van der Waals surface area (Å²) in [6.45, 7) is 2.17. The van der Waals surface area contributed by atoms with E-state index in [-0.39, 0.29) is 6.42 Å². The Kier molecular flexibility index (Phi) is 8.39. The van der Waals surface area contributed by atoms with Crippen molar-refractivity contribution in [2.45, 2.75) is 25.8 Å². The van der Waals surface area contributed by atoms with Crippen LogP contribution in [0.2, 0.25) is 0 Å². The summed E-state index contributed by atoms with van der Waals surface area (Å²) in [6, 6.07) is -0.808. The van der Waals surface area contributed by atoms with Gasteiger partial charge >= 0.3 is 12.1 Å². The third-order valence-electron chi connectivity index (χ3n) is 1.90. The fraction of sp³-hybridized carbons (Fsp3) is 0.800. The molecule has 0 radical (unpaired) electrons. The highest BCUT2D eigenvalue weighted by atomic mass is 32.2. The van der Waals surface area contributed by atoms with Crippen LogP contribution in [0, 0.1) is 0 Å². The van der Waals surface area contributed by atoms with Gasteiger partial charge in [0.25, 0.3) is 0 Å². The van der Waals surface area contributed by atoms with Crippen molar-refractivity contribution in [3.8, 4) is 0 Å². The second-order valence-corrected chi connectivity index (χ2v) is 4.98. The fourth-order valence-electron chi connectivity index (χ4n) is 1.04. The number of ether oxygens (including phenoxy) is 2. The lowest BCUT2D eigenvalue weighted by molar-refractivity contribution is -0.146. The van der Waals surface area contributed by atoms with Crippen LogP contribution in [-0.2, 0) is 25.1 Å². The first kappa shape index (κ1) is 15.9. The lowest BCUT2D eigenvalue weighted by Gasteiger charge is -2.16. The lowest BCUT2D eigenvalue weighted by atomic mass is 10.2. The van der Waals surface area contributed by atoms with Gasteiger partial charge in [0, 0.05) is 22.8 Å². The summed E-state index contributed by atoms with van der Waals surface area (Å²) < 4.78 is 20.3. The number of carbonyl (C=O) groups excluding carboxylic acids is 2. The topological polar surface area (TPSA) is 81.7 Å². The van der Waals surface area contributed by atoms with Gasteiger partial charge in [-0.2, -0.15) is 0 Å². The highest BCUT2D eigenvalue weighted by Gasteiger charge is 2.22. The average Bonchev–Trinajstić information content (AvgIpc) is 2.30. The SMILES string of the molecule is CCCOC(=O)[C@H](CCS(C)=O)NC(=O)OC. The summed E-state index contributed by atoms with van der Waals surface area (Å²) in [7, 11) is 0.185. The number of esters is 1. The van der Waals surface area contributed by atoms with Crippen LogP contribution in [0.15, 0.2) is 0 Å². The third kappa shape index (κ3) is 7.73. The van der Waals surface area contributed by atoms with Crippen molar-refractivity contribution in [3.05, 3.63) is 0 Å². The van der Waals surface area contributed by atoms with Crippen LogP contribution in [-0.4, -0.2) is 48.0 Å². The van der Waals surface area contributed by atoms with Crippen LogP contribution >= 0.6 is 0 Å². The molecular formula is C10H19NO5S. The zero-order valence-electron chi connectivity index (χ0n) is 10.4. The predicted octanol–water partition coefficient (Wildman–Crippen LogP) is 0.433. The summed E-state index contributed by atoms with van der Waals surface area (Å²) in [4.78, 5) is 22.6. The first-order chi connectivity index (χ1) is 8.01. The number of hydrogen-bond acceptors (Lipinski definition) is 5. The van der Waals surface area contributed by atoms with Gasteiger partial charge in [-0.1, -0.05) is 6.92 Å². The van der Waals surface area contributed by atoms with Crippen LogP contribution in [0.4, 0.5) is 4.79 Å². The molecule has 0 rings (SSSR count).